The summed E-state index contributed by atoms with van der Waals surface area (Å²) >= 11 is 11.1. The van der Waals surface area contributed by atoms with Crippen molar-refractivity contribution in [2.24, 2.45) is 11.1 Å². The normalized spacial score (nSPS) is 12.8. The molecule has 5 heteroatoms. The molecule has 0 spiro atoms. The zero-order valence-corrected chi connectivity index (χ0v) is 13.6. The molecule has 0 heterocycles. The maximum Gasteiger partial charge on any atom is 0.233 e. The van der Waals surface area contributed by atoms with Crippen molar-refractivity contribution in [1.29, 1.82) is 0 Å². The van der Waals surface area contributed by atoms with E-state index in [-0.39, 0.29) is 16.9 Å². The molecule has 0 saturated carbocycles. The van der Waals surface area contributed by atoms with E-state index in [0.717, 1.165) is 5.56 Å². The van der Waals surface area contributed by atoms with Gasteiger partial charge in [-0.25, -0.2) is 0 Å². The Bertz CT molecular complexity index is 500. The number of carbonyl (C=O) groups is 1. The third kappa shape index (κ3) is 3.49. The fourth-order valence-electron chi connectivity index (χ4n) is 2.23. The summed E-state index contributed by atoms with van der Waals surface area (Å²) in [6.07, 6.45) is 1.18. The number of halogens is 1. The predicted octanol–water partition coefficient (Wildman–Crippen LogP) is 3.61. The highest BCUT2D eigenvalue weighted by Gasteiger charge is 2.38. The molecule has 1 atom stereocenters. The molecule has 20 heavy (non-hydrogen) atoms. The standard InChI is InChI=1S/C15H21ClN2OS/c1-4-15(5-2,13(17)20)14(19)18-10(3)11-7-6-8-12(16)9-11/h6-10H,4-5H2,1-3H3,(H2,17,20)(H,18,19). The van der Waals surface area contributed by atoms with E-state index >= 15 is 0 Å². The lowest BCUT2D eigenvalue weighted by Gasteiger charge is -2.30. The third-order valence-electron chi connectivity index (χ3n) is 3.81. The molecule has 1 rings (SSSR count). The summed E-state index contributed by atoms with van der Waals surface area (Å²) in [7, 11) is 0. The van der Waals surface area contributed by atoms with Gasteiger partial charge in [-0.05, 0) is 37.5 Å². The van der Waals surface area contributed by atoms with Crippen molar-refractivity contribution in [3.63, 3.8) is 0 Å². The largest absolute Gasteiger partial charge is 0.392 e. The number of benzene rings is 1. The van der Waals surface area contributed by atoms with E-state index in [2.05, 4.69) is 5.32 Å². The van der Waals surface area contributed by atoms with Crippen LogP contribution in [-0.4, -0.2) is 10.9 Å². The average Bonchev–Trinajstić information content (AvgIpc) is 2.40. The minimum atomic E-state index is -0.776. The molecule has 1 aromatic carbocycles. The minimum absolute atomic E-state index is 0.123. The van der Waals surface area contributed by atoms with Crippen molar-refractivity contribution in [2.45, 2.75) is 39.7 Å². The molecule has 0 radical (unpaired) electrons. The maximum absolute atomic E-state index is 12.5. The topological polar surface area (TPSA) is 55.1 Å². The summed E-state index contributed by atoms with van der Waals surface area (Å²) in [5, 5.41) is 3.63. The molecule has 0 aromatic heterocycles. The molecular formula is C15H21ClN2OS. The van der Waals surface area contributed by atoms with Gasteiger partial charge in [0.15, 0.2) is 0 Å². The van der Waals surface area contributed by atoms with Crippen LogP contribution in [0.15, 0.2) is 24.3 Å². The van der Waals surface area contributed by atoms with E-state index in [1.165, 1.54) is 0 Å². The molecule has 1 amide bonds. The Morgan fingerprint density at radius 1 is 1.45 bits per heavy atom. The van der Waals surface area contributed by atoms with Gasteiger partial charge in [0.05, 0.1) is 16.4 Å². The third-order valence-corrected chi connectivity index (χ3v) is 4.44. The predicted molar refractivity (Wildman–Crippen MR) is 87.8 cm³/mol. The van der Waals surface area contributed by atoms with Crippen LogP contribution >= 0.6 is 23.8 Å². The lowest BCUT2D eigenvalue weighted by atomic mass is 9.81. The number of rotatable bonds is 6. The Morgan fingerprint density at radius 2 is 2.05 bits per heavy atom. The first-order valence-corrected chi connectivity index (χ1v) is 7.52. The zero-order chi connectivity index (χ0) is 15.3. The van der Waals surface area contributed by atoms with Gasteiger partial charge < -0.3 is 11.1 Å². The number of thiocarbonyl (C=S) groups is 1. The number of carbonyl (C=O) groups excluding carboxylic acids is 1. The van der Waals surface area contributed by atoms with E-state index in [1.54, 1.807) is 6.07 Å². The summed E-state index contributed by atoms with van der Waals surface area (Å²) < 4.78 is 0. The van der Waals surface area contributed by atoms with Gasteiger partial charge in [0.25, 0.3) is 0 Å². The first-order chi connectivity index (χ1) is 9.37. The van der Waals surface area contributed by atoms with Crippen LogP contribution in [0.4, 0.5) is 0 Å². The minimum Gasteiger partial charge on any atom is -0.392 e. The van der Waals surface area contributed by atoms with E-state index in [0.29, 0.717) is 17.9 Å². The monoisotopic (exact) mass is 312 g/mol. The second kappa shape index (κ2) is 7.04. The van der Waals surface area contributed by atoms with Gasteiger partial charge in [0.1, 0.15) is 0 Å². The summed E-state index contributed by atoms with van der Waals surface area (Å²) in [6.45, 7) is 5.76. The van der Waals surface area contributed by atoms with Crippen LogP contribution in [0.2, 0.25) is 5.02 Å². The smallest absolute Gasteiger partial charge is 0.233 e. The van der Waals surface area contributed by atoms with Crippen LogP contribution in [0.1, 0.15) is 45.2 Å². The van der Waals surface area contributed by atoms with Crippen molar-refractivity contribution in [3.8, 4) is 0 Å². The van der Waals surface area contributed by atoms with E-state index < -0.39 is 5.41 Å². The summed E-state index contributed by atoms with van der Waals surface area (Å²) in [6, 6.07) is 7.29. The van der Waals surface area contributed by atoms with Gasteiger partial charge in [0.2, 0.25) is 5.91 Å². The van der Waals surface area contributed by atoms with Gasteiger partial charge in [-0.3, -0.25) is 4.79 Å². The second-order valence-electron chi connectivity index (χ2n) is 4.90. The summed E-state index contributed by atoms with van der Waals surface area (Å²) in [5.41, 5.74) is 5.96. The Labute approximate surface area is 130 Å². The first-order valence-electron chi connectivity index (χ1n) is 6.73. The van der Waals surface area contributed by atoms with Crippen LogP contribution in [0, 0.1) is 5.41 Å². The molecule has 0 bridgehead atoms. The molecule has 0 aliphatic heterocycles. The van der Waals surface area contributed by atoms with E-state index in [9.17, 15) is 4.79 Å². The molecule has 0 aliphatic rings. The second-order valence-corrected chi connectivity index (χ2v) is 5.78. The number of nitrogens with one attached hydrogen (secondary N) is 1. The van der Waals surface area contributed by atoms with Crippen molar-refractivity contribution in [1.82, 2.24) is 5.32 Å². The molecular weight excluding hydrogens is 292 g/mol. The molecule has 1 aromatic rings. The highest BCUT2D eigenvalue weighted by atomic mass is 35.5. The van der Waals surface area contributed by atoms with Gasteiger partial charge in [-0.2, -0.15) is 0 Å². The summed E-state index contributed by atoms with van der Waals surface area (Å²) in [4.78, 5) is 12.8. The molecule has 3 N–H and O–H groups in total. The first kappa shape index (κ1) is 16.9. The summed E-state index contributed by atoms with van der Waals surface area (Å²) in [5.74, 6) is -0.123. The fraction of sp³-hybridized carbons (Fsp3) is 0.467. The SMILES string of the molecule is CCC(CC)(C(=O)NC(C)c1cccc(Cl)c1)C(N)=S. The van der Waals surface area contributed by atoms with Gasteiger partial charge >= 0.3 is 0 Å². The highest BCUT2D eigenvalue weighted by molar-refractivity contribution is 7.80. The lowest BCUT2D eigenvalue weighted by Crippen LogP contribution is -2.48. The van der Waals surface area contributed by atoms with Crippen LogP contribution in [0.5, 0.6) is 0 Å². The van der Waals surface area contributed by atoms with E-state index in [1.807, 2.05) is 39.0 Å². The molecule has 0 saturated heterocycles. The zero-order valence-electron chi connectivity index (χ0n) is 12.1. The highest BCUT2D eigenvalue weighted by Crippen LogP contribution is 2.28. The number of amides is 1. The molecule has 3 nitrogen and oxygen atoms in total. The Balaban J connectivity index is 2.91. The van der Waals surface area contributed by atoms with Crippen LogP contribution in [-0.2, 0) is 4.79 Å². The number of nitrogens with two attached hydrogens (primary N) is 1. The van der Waals surface area contributed by atoms with Gasteiger partial charge in [0, 0.05) is 5.02 Å². The van der Waals surface area contributed by atoms with Crippen molar-refractivity contribution >= 4 is 34.7 Å². The molecule has 0 fully saturated rings. The quantitative estimate of drug-likeness (QED) is 0.789. The fourth-order valence-corrected chi connectivity index (χ4v) is 2.81. The van der Waals surface area contributed by atoms with Crippen LogP contribution < -0.4 is 11.1 Å². The van der Waals surface area contributed by atoms with Crippen molar-refractivity contribution in [3.05, 3.63) is 34.9 Å². The number of hydrogen-bond acceptors (Lipinski definition) is 2. The van der Waals surface area contributed by atoms with Gasteiger partial charge in [-0.1, -0.05) is 49.8 Å². The van der Waals surface area contributed by atoms with Crippen molar-refractivity contribution < 1.29 is 4.79 Å². The van der Waals surface area contributed by atoms with Crippen LogP contribution in [0.3, 0.4) is 0 Å². The van der Waals surface area contributed by atoms with Crippen LogP contribution in [0.25, 0.3) is 0 Å². The molecule has 110 valence electrons. The molecule has 0 aliphatic carbocycles. The lowest BCUT2D eigenvalue weighted by molar-refractivity contribution is -0.128. The Hall–Kier alpha value is -1.13. The Kier molecular flexibility index (Phi) is 5.96. The number of hydrogen-bond donors (Lipinski definition) is 2. The Morgan fingerprint density at radius 3 is 2.50 bits per heavy atom. The molecule has 1 unspecified atom stereocenters. The maximum atomic E-state index is 12.5. The average molecular weight is 313 g/mol. The van der Waals surface area contributed by atoms with Gasteiger partial charge in [-0.15, -0.1) is 0 Å². The van der Waals surface area contributed by atoms with Crippen molar-refractivity contribution in [2.75, 3.05) is 0 Å². The van der Waals surface area contributed by atoms with E-state index in [4.69, 9.17) is 29.6 Å².